The molecule has 1 heterocycles. The number of ether oxygens (including phenoxy) is 1. The van der Waals surface area contributed by atoms with Crippen LogP contribution in [0.25, 0.3) is 0 Å². The zero-order valence-electron chi connectivity index (χ0n) is 14.5. The molecular weight excluding hydrogens is 328 g/mol. The molecule has 2 aromatic carbocycles. The second-order valence-corrected chi connectivity index (χ2v) is 6.16. The van der Waals surface area contributed by atoms with Crippen LogP contribution in [0.4, 0.5) is 10.5 Å². The van der Waals surface area contributed by atoms with Crippen molar-refractivity contribution in [3.8, 4) is 6.07 Å². The van der Waals surface area contributed by atoms with Crippen LogP contribution in [0.2, 0.25) is 0 Å². The van der Waals surface area contributed by atoms with E-state index < -0.39 is 0 Å². The van der Waals surface area contributed by atoms with Crippen LogP contribution < -0.4 is 10.6 Å². The number of urea groups is 1. The third kappa shape index (κ3) is 5.06. The molecule has 0 radical (unpaired) electrons. The molecular formula is C20H22N4O2. The summed E-state index contributed by atoms with van der Waals surface area (Å²) in [4.78, 5) is 14.8. The molecule has 1 aliphatic rings. The van der Waals surface area contributed by atoms with E-state index in [1.165, 1.54) is 0 Å². The normalized spacial score (nSPS) is 15.7. The minimum atomic E-state index is -0.267. The Kier molecular flexibility index (Phi) is 6.20. The van der Waals surface area contributed by atoms with Gasteiger partial charge in [0.1, 0.15) is 0 Å². The molecule has 2 N–H and O–H groups in total. The third-order valence-corrected chi connectivity index (χ3v) is 4.32. The topological polar surface area (TPSA) is 77.4 Å². The van der Waals surface area contributed by atoms with Crippen molar-refractivity contribution in [2.24, 2.45) is 0 Å². The number of anilines is 1. The first-order valence-electron chi connectivity index (χ1n) is 8.67. The lowest BCUT2D eigenvalue weighted by Gasteiger charge is -2.31. The Balaban J connectivity index is 1.65. The lowest BCUT2D eigenvalue weighted by Crippen LogP contribution is -2.44. The van der Waals surface area contributed by atoms with Crippen molar-refractivity contribution in [1.82, 2.24) is 10.2 Å². The van der Waals surface area contributed by atoms with Gasteiger partial charge in [-0.25, -0.2) is 4.79 Å². The Hall–Kier alpha value is -2.88. The van der Waals surface area contributed by atoms with Gasteiger partial charge >= 0.3 is 6.03 Å². The van der Waals surface area contributed by atoms with E-state index in [-0.39, 0.29) is 12.1 Å². The summed E-state index contributed by atoms with van der Waals surface area (Å²) < 4.78 is 5.40. The first-order chi connectivity index (χ1) is 12.7. The van der Waals surface area contributed by atoms with Crippen LogP contribution in [-0.2, 0) is 4.74 Å². The minimum absolute atomic E-state index is 0.118. The Bertz CT molecular complexity index is 750. The van der Waals surface area contributed by atoms with E-state index >= 15 is 0 Å². The monoisotopic (exact) mass is 350 g/mol. The van der Waals surface area contributed by atoms with Crippen LogP contribution in [0.3, 0.4) is 0 Å². The summed E-state index contributed by atoms with van der Waals surface area (Å²) in [5.41, 5.74) is 2.28. The van der Waals surface area contributed by atoms with Gasteiger partial charge in [-0.3, -0.25) is 4.90 Å². The van der Waals surface area contributed by atoms with E-state index in [0.717, 1.165) is 38.4 Å². The summed E-state index contributed by atoms with van der Waals surface area (Å²) in [6.07, 6.45) is 0. The fraction of sp³-hybridized carbons (Fsp3) is 0.300. The number of carbonyl (C=O) groups is 1. The van der Waals surface area contributed by atoms with Crippen LogP contribution >= 0.6 is 0 Å². The lowest BCUT2D eigenvalue weighted by molar-refractivity contribution is 0.0340. The van der Waals surface area contributed by atoms with E-state index in [4.69, 9.17) is 10.00 Å². The maximum Gasteiger partial charge on any atom is 0.319 e. The number of hydrogen-bond acceptors (Lipinski definition) is 4. The molecule has 3 rings (SSSR count). The predicted molar refractivity (Wildman–Crippen MR) is 99.8 cm³/mol. The fourth-order valence-electron chi connectivity index (χ4n) is 2.92. The first kappa shape index (κ1) is 17.9. The summed E-state index contributed by atoms with van der Waals surface area (Å²) >= 11 is 0. The molecule has 134 valence electrons. The largest absolute Gasteiger partial charge is 0.379 e. The maximum atomic E-state index is 12.5. The molecule has 2 aromatic rings. The summed E-state index contributed by atoms with van der Waals surface area (Å²) in [5.74, 6) is 0. The molecule has 0 spiro atoms. The average molecular weight is 350 g/mol. The van der Waals surface area contributed by atoms with Crippen molar-refractivity contribution in [3.05, 3.63) is 65.7 Å². The van der Waals surface area contributed by atoms with Crippen LogP contribution in [0.1, 0.15) is 17.2 Å². The van der Waals surface area contributed by atoms with E-state index in [2.05, 4.69) is 21.6 Å². The van der Waals surface area contributed by atoms with Gasteiger partial charge in [0.15, 0.2) is 0 Å². The van der Waals surface area contributed by atoms with E-state index in [1.54, 1.807) is 24.3 Å². The number of nitrogens with zero attached hydrogens (tertiary/aromatic N) is 2. The minimum Gasteiger partial charge on any atom is -0.379 e. The van der Waals surface area contributed by atoms with Crippen LogP contribution in [0.5, 0.6) is 0 Å². The summed E-state index contributed by atoms with van der Waals surface area (Å²) in [6, 6.07) is 18.4. The molecule has 0 bridgehead atoms. The van der Waals surface area contributed by atoms with Crippen LogP contribution in [0, 0.1) is 11.3 Å². The number of benzene rings is 2. The van der Waals surface area contributed by atoms with Gasteiger partial charge in [0.2, 0.25) is 0 Å². The van der Waals surface area contributed by atoms with Gasteiger partial charge in [-0.1, -0.05) is 30.3 Å². The van der Waals surface area contributed by atoms with Gasteiger partial charge in [-0.15, -0.1) is 0 Å². The summed E-state index contributed by atoms with van der Waals surface area (Å²) in [5, 5.41) is 14.7. The predicted octanol–water partition coefficient (Wildman–Crippen LogP) is 2.75. The SMILES string of the molecule is N#Cc1ccc(NC(=O)NC(CN2CCOCC2)c2ccccc2)cc1. The van der Waals surface area contributed by atoms with Gasteiger partial charge in [0, 0.05) is 25.3 Å². The van der Waals surface area contributed by atoms with E-state index in [1.807, 2.05) is 30.3 Å². The highest BCUT2D eigenvalue weighted by molar-refractivity contribution is 5.89. The van der Waals surface area contributed by atoms with E-state index in [9.17, 15) is 4.79 Å². The zero-order chi connectivity index (χ0) is 18.2. The molecule has 1 atom stereocenters. The molecule has 0 saturated carbocycles. The molecule has 6 nitrogen and oxygen atoms in total. The highest BCUT2D eigenvalue weighted by atomic mass is 16.5. The molecule has 0 aliphatic carbocycles. The van der Waals surface area contributed by atoms with Crippen molar-refractivity contribution in [3.63, 3.8) is 0 Å². The number of rotatable bonds is 5. The molecule has 0 aromatic heterocycles. The number of morpholine rings is 1. The van der Waals surface area contributed by atoms with Crippen molar-refractivity contribution >= 4 is 11.7 Å². The van der Waals surface area contributed by atoms with E-state index in [0.29, 0.717) is 11.3 Å². The molecule has 6 heteroatoms. The van der Waals surface area contributed by atoms with Gasteiger partial charge < -0.3 is 15.4 Å². The third-order valence-electron chi connectivity index (χ3n) is 4.32. The number of hydrogen-bond donors (Lipinski definition) is 2. The Morgan fingerprint density at radius 3 is 2.46 bits per heavy atom. The quantitative estimate of drug-likeness (QED) is 0.869. The number of nitriles is 1. The number of amides is 2. The van der Waals surface area contributed by atoms with Gasteiger partial charge in [0.25, 0.3) is 0 Å². The lowest BCUT2D eigenvalue weighted by atomic mass is 10.1. The first-order valence-corrected chi connectivity index (χ1v) is 8.67. The Morgan fingerprint density at radius 1 is 1.12 bits per heavy atom. The summed E-state index contributed by atoms with van der Waals surface area (Å²) in [6.45, 7) is 3.90. The Morgan fingerprint density at radius 2 is 1.81 bits per heavy atom. The highest BCUT2D eigenvalue weighted by Gasteiger charge is 2.20. The van der Waals surface area contributed by atoms with Crippen molar-refractivity contribution in [1.29, 1.82) is 5.26 Å². The molecule has 1 aliphatic heterocycles. The van der Waals surface area contributed by atoms with Gasteiger partial charge in [-0.2, -0.15) is 5.26 Å². The smallest absolute Gasteiger partial charge is 0.319 e. The standard InChI is InChI=1S/C20H22N4O2/c21-14-16-6-8-18(9-7-16)22-20(25)23-19(17-4-2-1-3-5-17)15-24-10-12-26-13-11-24/h1-9,19H,10-13,15H2,(H2,22,23,25). The van der Waals surface area contributed by atoms with Gasteiger partial charge in [0.05, 0.1) is 30.9 Å². The van der Waals surface area contributed by atoms with Crippen LogP contribution in [-0.4, -0.2) is 43.8 Å². The number of nitrogens with one attached hydrogen (secondary N) is 2. The average Bonchev–Trinajstić information content (AvgIpc) is 2.69. The Labute approximate surface area is 153 Å². The zero-order valence-corrected chi connectivity index (χ0v) is 14.5. The van der Waals surface area contributed by atoms with Crippen molar-refractivity contribution in [2.45, 2.75) is 6.04 Å². The molecule has 1 unspecified atom stereocenters. The molecule has 2 amide bonds. The van der Waals surface area contributed by atoms with Crippen LogP contribution in [0.15, 0.2) is 54.6 Å². The molecule has 1 saturated heterocycles. The summed E-state index contributed by atoms with van der Waals surface area (Å²) in [7, 11) is 0. The second kappa shape index (κ2) is 8.99. The highest BCUT2D eigenvalue weighted by Crippen LogP contribution is 2.16. The fourth-order valence-corrected chi connectivity index (χ4v) is 2.92. The van der Waals surface area contributed by atoms with Crippen molar-refractivity contribution < 1.29 is 9.53 Å². The molecule has 1 fully saturated rings. The molecule has 26 heavy (non-hydrogen) atoms. The second-order valence-electron chi connectivity index (χ2n) is 6.16. The van der Waals surface area contributed by atoms with Gasteiger partial charge in [-0.05, 0) is 29.8 Å². The number of carbonyl (C=O) groups excluding carboxylic acids is 1. The maximum absolute atomic E-state index is 12.5. The van der Waals surface area contributed by atoms with Crippen molar-refractivity contribution in [2.75, 3.05) is 38.2 Å².